The number of carbonyl (C=O) groups is 1. The summed E-state index contributed by atoms with van der Waals surface area (Å²) in [5.74, 6) is -0.739. The van der Waals surface area contributed by atoms with Crippen LogP contribution in [0.5, 0.6) is 0 Å². The molecule has 0 atom stereocenters. The van der Waals surface area contributed by atoms with Crippen LogP contribution >= 0.6 is 11.6 Å². The molecule has 2 aromatic carbocycles. The first kappa shape index (κ1) is 20.9. The molecule has 2 heterocycles. The number of carbonyl (C=O) groups excluding carboxylic acids is 1. The predicted octanol–water partition coefficient (Wildman–Crippen LogP) is 2.34. The Balaban J connectivity index is 1.52. The van der Waals surface area contributed by atoms with Gasteiger partial charge < -0.3 is 14.8 Å². The summed E-state index contributed by atoms with van der Waals surface area (Å²) in [7, 11) is 0. The van der Waals surface area contributed by atoms with Gasteiger partial charge >= 0.3 is 5.69 Å². The molecule has 1 amide bonds. The highest BCUT2D eigenvalue weighted by Gasteiger charge is 2.25. The molecule has 4 rings (SSSR count). The summed E-state index contributed by atoms with van der Waals surface area (Å²) in [5.41, 5.74) is 0.119. The van der Waals surface area contributed by atoms with Crippen LogP contribution in [0.2, 0.25) is 5.02 Å². The number of anilines is 1. The van der Waals surface area contributed by atoms with Crippen LogP contribution in [0, 0.1) is 5.82 Å². The largest absolute Gasteiger partial charge is 0.368 e. The number of amides is 1. The number of nitrogens with one attached hydrogen (secondary N) is 1. The van der Waals surface area contributed by atoms with Crippen molar-refractivity contribution in [3.8, 4) is 0 Å². The van der Waals surface area contributed by atoms with Gasteiger partial charge in [-0.15, -0.1) is 0 Å². The summed E-state index contributed by atoms with van der Waals surface area (Å²) in [4.78, 5) is 44.2. The Labute approximate surface area is 182 Å². The van der Waals surface area contributed by atoms with E-state index in [1.165, 1.54) is 18.3 Å². The van der Waals surface area contributed by atoms with Gasteiger partial charge in [0, 0.05) is 43.1 Å². The maximum absolute atomic E-state index is 13.1. The minimum Gasteiger partial charge on any atom is -0.368 e. The van der Waals surface area contributed by atoms with E-state index < -0.39 is 17.2 Å². The van der Waals surface area contributed by atoms with Crippen molar-refractivity contribution in [2.75, 3.05) is 31.1 Å². The fourth-order valence-electron chi connectivity index (χ4n) is 3.59. The fourth-order valence-corrected chi connectivity index (χ4v) is 3.79. The Bertz CT molecular complexity index is 1210. The zero-order valence-corrected chi connectivity index (χ0v) is 17.3. The molecule has 1 aliphatic rings. The molecule has 1 aliphatic heterocycles. The maximum atomic E-state index is 13.1. The van der Waals surface area contributed by atoms with Gasteiger partial charge in [0.15, 0.2) is 0 Å². The summed E-state index contributed by atoms with van der Waals surface area (Å²) in [5, 5.41) is 0.433. The molecule has 7 nitrogen and oxygen atoms in total. The highest BCUT2D eigenvalue weighted by atomic mass is 35.5. The monoisotopic (exact) mass is 442 g/mol. The van der Waals surface area contributed by atoms with Crippen molar-refractivity contribution in [2.24, 2.45) is 0 Å². The average Bonchev–Trinajstić information content (AvgIpc) is 2.78. The van der Waals surface area contributed by atoms with E-state index in [9.17, 15) is 18.8 Å². The topological polar surface area (TPSA) is 78.4 Å². The molecule has 1 fully saturated rings. The van der Waals surface area contributed by atoms with E-state index in [1.807, 2.05) is 4.90 Å². The molecule has 0 unspecified atom stereocenters. The number of halogens is 2. The molecule has 9 heteroatoms. The van der Waals surface area contributed by atoms with E-state index in [-0.39, 0.29) is 17.9 Å². The number of aromatic nitrogens is 2. The Morgan fingerprint density at radius 1 is 1.00 bits per heavy atom. The van der Waals surface area contributed by atoms with Gasteiger partial charge in [-0.1, -0.05) is 29.8 Å². The minimum atomic E-state index is -0.658. The van der Waals surface area contributed by atoms with Crippen molar-refractivity contribution in [3.63, 3.8) is 0 Å². The van der Waals surface area contributed by atoms with Crippen LogP contribution in [-0.2, 0) is 6.54 Å². The van der Waals surface area contributed by atoms with Crippen LogP contribution in [0.4, 0.5) is 10.1 Å². The number of hydrogen-bond acceptors (Lipinski definition) is 4. The van der Waals surface area contributed by atoms with Gasteiger partial charge in [-0.2, -0.15) is 0 Å². The van der Waals surface area contributed by atoms with Crippen molar-refractivity contribution < 1.29 is 9.18 Å². The molecule has 3 aromatic rings. The summed E-state index contributed by atoms with van der Waals surface area (Å²) in [6.45, 7) is 1.87. The molecule has 160 valence electrons. The van der Waals surface area contributed by atoms with E-state index in [1.54, 1.807) is 41.3 Å². The van der Waals surface area contributed by atoms with Gasteiger partial charge in [0.2, 0.25) is 0 Å². The molecular formula is C22H20ClFN4O3. The van der Waals surface area contributed by atoms with Gasteiger partial charge in [0.25, 0.3) is 11.5 Å². The standard InChI is InChI=1S/C22H20ClFN4O3/c23-19-4-2-1-3-15(19)14-28-21(30)18(13-25-22(28)31)20(29)27-11-9-26(10-12-27)17-7-5-16(24)6-8-17/h1-8,13H,9-12,14H2,(H,25,31). The summed E-state index contributed by atoms with van der Waals surface area (Å²) < 4.78 is 14.1. The van der Waals surface area contributed by atoms with Gasteiger partial charge in [-0.25, -0.2) is 9.18 Å². The van der Waals surface area contributed by atoms with E-state index in [2.05, 4.69) is 4.98 Å². The fraction of sp³-hybridized carbons (Fsp3) is 0.227. The van der Waals surface area contributed by atoms with E-state index in [4.69, 9.17) is 11.6 Å². The summed E-state index contributed by atoms with van der Waals surface area (Å²) in [6, 6.07) is 13.1. The molecular weight excluding hydrogens is 423 g/mol. The first-order chi connectivity index (χ1) is 14.9. The summed E-state index contributed by atoms with van der Waals surface area (Å²) >= 11 is 6.15. The number of nitrogens with zero attached hydrogens (tertiary/aromatic N) is 3. The average molecular weight is 443 g/mol. The van der Waals surface area contributed by atoms with Crippen molar-refractivity contribution in [1.29, 1.82) is 0 Å². The first-order valence-electron chi connectivity index (χ1n) is 9.80. The highest BCUT2D eigenvalue weighted by Crippen LogP contribution is 2.18. The molecule has 1 aromatic heterocycles. The lowest BCUT2D eigenvalue weighted by Gasteiger charge is -2.36. The van der Waals surface area contributed by atoms with Crippen LogP contribution in [0.25, 0.3) is 0 Å². The number of benzene rings is 2. The van der Waals surface area contributed by atoms with Crippen molar-refractivity contribution in [2.45, 2.75) is 6.54 Å². The third-order valence-electron chi connectivity index (χ3n) is 5.34. The zero-order chi connectivity index (χ0) is 22.0. The second-order valence-corrected chi connectivity index (χ2v) is 7.65. The van der Waals surface area contributed by atoms with Gasteiger partial charge in [-0.3, -0.25) is 14.2 Å². The van der Waals surface area contributed by atoms with Gasteiger partial charge in [-0.05, 0) is 35.9 Å². The molecule has 0 radical (unpaired) electrons. The lowest BCUT2D eigenvalue weighted by Crippen LogP contribution is -2.50. The number of aromatic amines is 1. The molecule has 0 aliphatic carbocycles. The predicted molar refractivity (Wildman–Crippen MR) is 116 cm³/mol. The van der Waals surface area contributed by atoms with Crippen LogP contribution in [0.3, 0.4) is 0 Å². The van der Waals surface area contributed by atoms with Crippen LogP contribution in [0.15, 0.2) is 64.3 Å². The van der Waals surface area contributed by atoms with E-state index >= 15 is 0 Å². The van der Waals surface area contributed by atoms with E-state index in [0.717, 1.165) is 10.3 Å². The number of H-pyrrole nitrogens is 1. The van der Waals surface area contributed by atoms with Crippen molar-refractivity contribution in [1.82, 2.24) is 14.5 Å². The van der Waals surface area contributed by atoms with Gasteiger partial charge in [0.1, 0.15) is 11.4 Å². The molecule has 31 heavy (non-hydrogen) atoms. The van der Waals surface area contributed by atoms with Crippen molar-refractivity contribution in [3.05, 3.63) is 97.5 Å². The maximum Gasteiger partial charge on any atom is 0.328 e. The Morgan fingerprint density at radius 3 is 2.35 bits per heavy atom. The molecule has 0 spiro atoms. The Hall–Kier alpha value is -3.39. The smallest absolute Gasteiger partial charge is 0.328 e. The van der Waals surface area contributed by atoms with Gasteiger partial charge in [0.05, 0.1) is 6.54 Å². The minimum absolute atomic E-state index is 0.0344. The van der Waals surface area contributed by atoms with Crippen LogP contribution < -0.4 is 16.1 Å². The molecule has 0 bridgehead atoms. The SMILES string of the molecule is O=C(c1c[nH]c(=O)n(Cc2ccccc2Cl)c1=O)N1CCN(c2ccc(F)cc2)CC1. The Morgan fingerprint density at radius 2 is 1.68 bits per heavy atom. The first-order valence-corrected chi connectivity index (χ1v) is 10.2. The lowest BCUT2D eigenvalue weighted by molar-refractivity contribution is 0.0743. The normalized spacial score (nSPS) is 14.0. The quantitative estimate of drug-likeness (QED) is 0.672. The third kappa shape index (κ3) is 4.39. The third-order valence-corrected chi connectivity index (χ3v) is 5.70. The Kier molecular flexibility index (Phi) is 5.90. The number of hydrogen-bond donors (Lipinski definition) is 1. The van der Waals surface area contributed by atoms with E-state index in [0.29, 0.717) is 36.8 Å². The van der Waals surface area contributed by atoms with Crippen molar-refractivity contribution >= 4 is 23.2 Å². The number of piperazine rings is 1. The molecule has 0 saturated carbocycles. The second-order valence-electron chi connectivity index (χ2n) is 7.25. The number of rotatable bonds is 4. The van der Waals surface area contributed by atoms with Crippen LogP contribution in [-0.4, -0.2) is 46.5 Å². The highest BCUT2D eigenvalue weighted by molar-refractivity contribution is 6.31. The molecule has 1 saturated heterocycles. The lowest BCUT2D eigenvalue weighted by atomic mass is 10.2. The second kappa shape index (κ2) is 8.77. The summed E-state index contributed by atoms with van der Waals surface area (Å²) in [6.07, 6.45) is 1.17. The molecule has 1 N–H and O–H groups in total. The van der Waals surface area contributed by atoms with Crippen LogP contribution in [0.1, 0.15) is 15.9 Å². The zero-order valence-electron chi connectivity index (χ0n) is 16.6.